The molecule has 2 atom stereocenters. The smallest absolute Gasteiger partial charge is 0.243 e. The number of halogens is 1. The second kappa shape index (κ2) is 10.2. The van der Waals surface area contributed by atoms with E-state index < -0.39 is 0 Å². The number of amides is 1. The normalized spacial score (nSPS) is 20.1. The summed E-state index contributed by atoms with van der Waals surface area (Å²) in [5, 5.41) is 14.2. The molecule has 1 aromatic heterocycles. The van der Waals surface area contributed by atoms with Crippen LogP contribution in [-0.4, -0.2) is 41.3 Å². The van der Waals surface area contributed by atoms with Gasteiger partial charge in [-0.05, 0) is 58.8 Å². The molecular weight excluding hydrogens is 442 g/mol. The maximum atomic E-state index is 13.1. The van der Waals surface area contributed by atoms with Crippen LogP contribution in [0.25, 0.3) is 10.9 Å². The van der Waals surface area contributed by atoms with E-state index in [-0.39, 0.29) is 30.5 Å². The van der Waals surface area contributed by atoms with Gasteiger partial charge in [-0.3, -0.25) is 4.79 Å². The highest BCUT2D eigenvalue weighted by Crippen LogP contribution is 2.39. The molecule has 2 aromatic rings. The number of rotatable bonds is 7. The number of hydrogen-bond acceptors (Lipinski definition) is 3. The summed E-state index contributed by atoms with van der Waals surface area (Å²) in [6, 6.07) is 5.91. The monoisotopic (exact) mass is 477 g/mol. The molecule has 2 N–H and O–H groups in total. The van der Waals surface area contributed by atoms with Gasteiger partial charge in [-0.25, -0.2) is 0 Å². The molecule has 1 amide bonds. The molecule has 0 radical (unpaired) electrons. The topological polar surface area (TPSA) is 57.5 Å². The lowest BCUT2D eigenvalue weighted by Crippen LogP contribution is -2.52. The number of nitrogens with one attached hydrogen (secondary N) is 1. The molecule has 166 valence electrons. The molecule has 6 heteroatoms. The van der Waals surface area contributed by atoms with Crippen molar-refractivity contribution in [1.29, 1.82) is 0 Å². The fraction of sp³-hybridized carbons (Fsp3) is 0.625. The molecule has 0 aliphatic carbocycles. The first-order chi connectivity index (χ1) is 14.4. The van der Waals surface area contributed by atoms with Crippen LogP contribution in [0.15, 0.2) is 22.8 Å². The van der Waals surface area contributed by atoms with Crippen LogP contribution in [0, 0.1) is 5.92 Å². The van der Waals surface area contributed by atoms with Crippen LogP contribution in [-0.2, 0) is 17.8 Å². The molecule has 1 aliphatic heterocycles. The predicted octanol–water partition coefficient (Wildman–Crippen LogP) is 4.87. The zero-order valence-corrected chi connectivity index (χ0v) is 20.3. The summed E-state index contributed by atoms with van der Waals surface area (Å²) < 4.78 is 3.53. The minimum atomic E-state index is -0.290. The molecule has 0 saturated heterocycles. The van der Waals surface area contributed by atoms with Gasteiger partial charge >= 0.3 is 0 Å². The number of anilines is 1. The van der Waals surface area contributed by atoms with Crippen molar-refractivity contribution < 1.29 is 9.90 Å². The quantitative estimate of drug-likeness (QED) is 0.559. The van der Waals surface area contributed by atoms with E-state index in [1.54, 1.807) is 0 Å². The number of benzene rings is 1. The predicted molar refractivity (Wildman–Crippen MR) is 128 cm³/mol. The standard InChI is InChI=1S/C24H36BrN3O2/c1-5-6-7-8-14-28-20-11-9-10-19-21(20)18(23(28)25)13-12-17(15-29)26-24(30)22(16(2)3)27(19)4/h9-11,16-17,22,29H,5-8,12-15H2,1-4H3,(H,26,30)/t17-,22-/m0/s1. The van der Waals surface area contributed by atoms with E-state index in [1.165, 1.54) is 35.7 Å². The summed E-state index contributed by atoms with van der Waals surface area (Å²) in [5.74, 6) is 0.136. The maximum Gasteiger partial charge on any atom is 0.243 e. The van der Waals surface area contributed by atoms with Gasteiger partial charge in [-0.2, -0.15) is 0 Å². The molecule has 0 fully saturated rings. The zero-order chi connectivity index (χ0) is 21.8. The summed E-state index contributed by atoms with van der Waals surface area (Å²) >= 11 is 3.91. The van der Waals surface area contributed by atoms with Gasteiger partial charge in [-0.15, -0.1) is 0 Å². The van der Waals surface area contributed by atoms with Gasteiger partial charge in [0, 0.05) is 24.7 Å². The SMILES string of the molecule is CCCCCCn1c(Br)c2c3c(cccc31)N(C)[C@@H](C(C)C)C(=O)N[C@H](CO)CC2. The number of aliphatic hydroxyl groups excluding tert-OH is 1. The second-order valence-corrected chi connectivity index (χ2v) is 9.63. The van der Waals surface area contributed by atoms with Crippen LogP contribution in [0.2, 0.25) is 0 Å². The third kappa shape index (κ3) is 4.54. The van der Waals surface area contributed by atoms with E-state index in [2.05, 4.69) is 69.7 Å². The lowest BCUT2D eigenvalue weighted by Gasteiger charge is -2.34. The fourth-order valence-electron chi connectivity index (χ4n) is 4.76. The van der Waals surface area contributed by atoms with Crippen LogP contribution in [0.1, 0.15) is 58.4 Å². The third-order valence-corrected chi connectivity index (χ3v) is 7.25. The molecular formula is C24H36BrN3O2. The highest BCUT2D eigenvalue weighted by atomic mass is 79.9. The van der Waals surface area contributed by atoms with Crippen LogP contribution in [0.5, 0.6) is 0 Å². The van der Waals surface area contributed by atoms with Gasteiger partial charge in [0.05, 0.1) is 22.8 Å². The van der Waals surface area contributed by atoms with E-state index in [4.69, 9.17) is 0 Å². The Balaban J connectivity index is 2.14. The molecule has 30 heavy (non-hydrogen) atoms. The lowest BCUT2D eigenvalue weighted by atomic mass is 9.96. The largest absolute Gasteiger partial charge is 0.394 e. The van der Waals surface area contributed by atoms with Crippen molar-refractivity contribution in [3.8, 4) is 0 Å². The van der Waals surface area contributed by atoms with Crippen LogP contribution < -0.4 is 10.2 Å². The van der Waals surface area contributed by atoms with E-state index in [0.29, 0.717) is 0 Å². The average molecular weight is 478 g/mol. The van der Waals surface area contributed by atoms with Gasteiger partial charge < -0.3 is 19.9 Å². The lowest BCUT2D eigenvalue weighted by molar-refractivity contribution is -0.124. The fourth-order valence-corrected chi connectivity index (χ4v) is 5.53. The molecule has 0 spiro atoms. The van der Waals surface area contributed by atoms with Crippen molar-refractivity contribution in [3.63, 3.8) is 0 Å². The summed E-state index contributed by atoms with van der Waals surface area (Å²) in [4.78, 5) is 15.2. The molecule has 0 saturated carbocycles. The molecule has 1 aromatic carbocycles. The first kappa shape index (κ1) is 23.1. The van der Waals surface area contributed by atoms with Crippen molar-refractivity contribution in [2.75, 3.05) is 18.6 Å². The van der Waals surface area contributed by atoms with Crippen LogP contribution >= 0.6 is 15.9 Å². The van der Waals surface area contributed by atoms with Crippen molar-refractivity contribution >= 4 is 38.4 Å². The number of likely N-dealkylation sites (N-methyl/N-ethyl adjacent to an activating group) is 1. The minimum Gasteiger partial charge on any atom is -0.394 e. The number of carbonyl (C=O) groups excluding carboxylic acids is 1. The Hall–Kier alpha value is -1.53. The van der Waals surface area contributed by atoms with Crippen molar-refractivity contribution in [2.45, 2.75) is 77.9 Å². The van der Waals surface area contributed by atoms with E-state index >= 15 is 0 Å². The number of carbonyl (C=O) groups is 1. The number of aryl methyl sites for hydroxylation is 2. The highest BCUT2D eigenvalue weighted by molar-refractivity contribution is 9.10. The van der Waals surface area contributed by atoms with E-state index in [9.17, 15) is 9.90 Å². The molecule has 0 bridgehead atoms. The van der Waals surface area contributed by atoms with Gasteiger partial charge in [0.15, 0.2) is 0 Å². The average Bonchev–Trinajstić information content (AvgIpc) is 2.98. The number of aliphatic hydroxyl groups is 1. The molecule has 1 aliphatic rings. The first-order valence-corrected chi connectivity index (χ1v) is 12.1. The van der Waals surface area contributed by atoms with Gasteiger partial charge in [0.25, 0.3) is 0 Å². The Labute approximate surface area is 188 Å². The summed E-state index contributed by atoms with van der Waals surface area (Å²) in [6.07, 6.45) is 6.41. The zero-order valence-electron chi connectivity index (χ0n) is 18.7. The Kier molecular flexibility index (Phi) is 7.86. The van der Waals surface area contributed by atoms with Gasteiger partial charge in [0.1, 0.15) is 6.04 Å². The van der Waals surface area contributed by atoms with Crippen molar-refractivity contribution in [1.82, 2.24) is 9.88 Å². The molecule has 3 rings (SSSR count). The molecule has 5 nitrogen and oxygen atoms in total. The molecule has 0 unspecified atom stereocenters. The highest BCUT2D eigenvalue weighted by Gasteiger charge is 2.32. The second-order valence-electron chi connectivity index (χ2n) is 8.88. The molecule has 2 heterocycles. The summed E-state index contributed by atoms with van der Waals surface area (Å²) in [5.41, 5.74) is 3.61. The van der Waals surface area contributed by atoms with Crippen LogP contribution in [0.3, 0.4) is 0 Å². The number of unbranched alkanes of at least 4 members (excludes halogenated alkanes) is 3. The van der Waals surface area contributed by atoms with E-state index in [0.717, 1.165) is 36.1 Å². The van der Waals surface area contributed by atoms with Gasteiger partial charge in [0.2, 0.25) is 5.91 Å². The number of aromatic nitrogens is 1. The van der Waals surface area contributed by atoms with E-state index in [1.807, 2.05) is 7.05 Å². The Morgan fingerprint density at radius 3 is 2.70 bits per heavy atom. The Morgan fingerprint density at radius 1 is 1.27 bits per heavy atom. The maximum absolute atomic E-state index is 13.1. The number of nitrogens with zero attached hydrogens (tertiary/aromatic N) is 2. The number of hydrogen-bond donors (Lipinski definition) is 2. The minimum absolute atomic E-state index is 0.00920. The summed E-state index contributed by atoms with van der Waals surface area (Å²) in [7, 11) is 2.02. The first-order valence-electron chi connectivity index (χ1n) is 11.3. The Morgan fingerprint density at radius 2 is 2.03 bits per heavy atom. The third-order valence-electron chi connectivity index (χ3n) is 6.34. The van der Waals surface area contributed by atoms with Crippen molar-refractivity contribution in [3.05, 3.63) is 28.4 Å². The van der Waals surface area contributed by atoms with Gasteiger partial charge in [-0.1, -0.05) is 46.1 Å². The van der Waals surface area contributed by atoms with Crippen molar-refractivity contribution in [2.24, 2.45) is 5.92 Å². The van der Waals surface area contributed by atoms with Crippen LogP contribution in [0.4, 0.5) is 5.69 Å². The Bertz CT molecular complexity index is 877. The summed E-state index contributed by atoms with van der Waals surface area (Å²) in [6.45, 7) is 7.34.